The number of fused-ring (bicyclic) bond motifs is 1. The third-order valence-corrected chi connectivity index (χ3v) is 4.95. The molecule has 0 saturated heterocycles. The summed E-state index contributed by atoms with van der Waals surface area (Å²) in [6.07, 6.45) is 1.82. The maximum Gasteiger partial charge on any atom is 0.256 e. The van der Waals surface area contributed by atoms with Crippen LogP contribution in [0.4, 0.5) is 5.69 Å². The number of rotatable bonds is 5. The first-order chi connectivity index (χ1) is 15.7. The molecule has 0 atom stereocenters. The lowest BCUT2D eigenvalue weighted by Crippen LogP contribution is -2.12. The van der Waals surface area contributed by atoms with Crippen LogP contribution in [0.1, 0.15) is 16.1 Å². The monoisotopic (exact) mass is 421 g/mol. The van der Waals surface area contributed by atoms with Crippen LogP contribution in [0.25, 0.3) is 16.6 Å². The highest BCUT2D eigenvalue weighted by Crippen LogP contribution is 2.23. The zero-order valence-electron chi connectivity index (χ0n) is 17.3. The number of carbonyl (C=O) groups excluding carboxylic acids is 1. The van der Waals surface area contributed by atoms with E-state index in [1.807, 2.05) is 61.7 Å². The van der Waals surface area contributed by atoms with Gasteiger partial charge in [-0.2, -0.15) is 5.10 Å². The lowest BCUT2D eigenvalue weighted by molar-refractivity contribution is 0.102. The van der Waals surface area contributed by atoms with Crippen LogP contribution in [0.5, 0.6) is 11.6 Å². The standard InChI is InChI=1S/C25H19N5O2/c1-17-15-16-30(29-17)23-13-14-24(28-27-23)32-20-11-9-19(10-12-20)26-25(31)22-8-4-6-18-5-2-3-7-21(18)22/h2-16H,1H3,(H,26,31). The number of nitrogens with one attached hydrogen (secondary N) is 1. The molecule has 0 spiro atoms. The molecule has 0 aliphatic heterocycles. The highest BCUT2D eigenvalue weighted by atomic mass is 16.5. The fraction of sp³-hybridized carbons (Fsp3) is 0.0400. The predicted octanol–water partition coefficient (Wildman–Crippen LogP) is 5.17. The van der Waals surface area contributed by atoms with Crippen LogP contribution in [0.15, 0.2) is 91.1 Å². The maximum atomic E-state index is 12.8. The highest BCUT2D eigenvalue weighted by Gasteiger charge is 2.10. The van der Waals surface area contributed by atoms with Gasteiger partial charge in [-0.25, -0.2) is 4.68 Å². The number of amides is 1. The Kier molecular flexibility index (Phi) is 5.05. The Morgan fingerprint density at radius 1 is 0.875 bits per heavy atom. The molecule has 0 bridgehead atoms. The number of hydrogen-bond acceptors (Lipinski definition) is 5. The number of anilines is 1. The van der Waals surface area contributed by atoms with E-state index in [9.17, 15) is 4.79 Å². The topological polar surface area (TPSA) is 81.9 Å². The molecule has 0 aliphatic carbocycles. The van der Waals surface area contributed by atoms with E-state index in [2.05, 4.69) is 20.6 Å². The summed E-state index contributed by atoms with van der Waals surface area (Å²) in [7, 11) is 0. The second-order valence-electron chi connectivity index (χ2n) is 7.24. The van der Waals surface area contributed by atoms with Crippen molar-refractivity contribution in [2.24, 2.45) is 0 Å². The minimum atomic E-state index is -0.161. The van der Waals surface area contributed by atoms with Crippen molar-refractivity contribution in [2.75, 3.05) is 5.32 Å². The summed E-state index contributed by atoms with van der Waals surface area (Å²) in [6.45, 7) is 1.91. The van der Waals surface area contributed by atoms with Gasteiger partial charge in [0, 0.05) is 23.5 Å². The lowest BCUT2D eigenvalue weighted by Gasteiger charge is -2.09. The van der Waals surface area contributed by atoms with E-state index < -0.39 is 0 Å². The van der Waals surface area contributed by atoms with E-state index in [0.717, 1.165) is 16.5 Å². The van der Waals surface area contributed by atoms with Crippen LogP contribution in [0.2, 0.25) is 0 Å². The van der Waals surface area contributed by atoms with Crippen LogP contribution >= 0.6 is 0 Å². The summed E-state index contributed by atoms with van der Waals surface area (Å²) >= 11 is 0. The average molecular weight is 421 g/mol. The van der Waals surface area contributed by atoms with Gasteiger partial charge >= 0.3 is 0 Å². The first-order valence-electron chi connectivity index (χ1n) is 10.1. The number of hydrogen-bond donors (Lipinski definition) is 1. The summed E-state index contributed by atoms with van der Waals surface area (Å²) in [5.74, 6) is 1.40. The molecule has 7 nitrogen and oxygen atoms in total. The number of benzene rings is 3. The van der Waals surface area contributed by atoms with E-state index in [1.165, 1.54) is 0 Å². The minimum Gasteiger partial charge on any atom is -0.438 e. The summed E-state index contributed by atoms with van der Waals surface area (Å²) in [6, 6.07) is 26.0. The molecule has 5 aromatic rings. The maximum absolute atomic E-state index is 12.8. The van der Waals surface area contributed by atoms with E-state index in [1.54, 1.807) is 41.1 Å². The molecule has 0 radical (unpaired) electrons. The molecule has 0 saturated carbocycles. The van der Waals surface area contributed by atoms with Crippen molar-refractivity contribution in [3.63, 3.8) is 0 Å². The zero-order valence-corrected chi connectivity index (χ0v) is 17.3. The van der Waals surface area contributed by atoms with Crippen molar-refractivity contribution in [2.45, 2.75) is 6.92 Å². The Bertz CT molecular complexity index is 1390. The van der Waals surface area contributed by atoms with Gasteiger partial charge in [0.25, 0.3) is 5.91 Å². The van der Waals surface area contributed by atoms with Crippen LogP contribution in [0.3, 0.4) is 0 Å². The van der Waals surface area contributed by atoms with Crippen molar-refractivity contribution in [1.82, 2.24) is 20.0 Å². The second kappa shape index (κ2) is 8.31. The summed E-state index contributed by atoms with van der Waals surface area (Å²) in [5, 5.41) is 17.4. The summed E-state index contributed by atoms with van der Waals surface area (Å²) in [5.41, 5.74) is 2.21. The average Bonchev–Trinajstić information content (AvgIpc) is 3.26. The largest absolute Gasteiger partial charge is 0.438 e. The number of carbonyl (C=O) groups is 1. The van der Waals surface area contributed by atoms with Crippen molar-refractivity contribution in [3.05, 3.63) is 102 Å². The van der Waals surface area contributed by atoms with Gasteiger partial charge in [0.05, 0.1) is 5.69 Å². The molecule has 156 valence electrons. The Balaban J connectivity index is 1.26. The Labute approximate surface area is 184 Å². The van der Waals surface area contributed by atoms with E-state index in [-0.39, 0.29) is 5.91 Å². The fourth-order valence-corrected chi connectivity index (χ4v) is 3.38. The molecule has 32 heavy (non-hydrogen) atoms. The van der Waals surface area contributed by atoms with Crippen molar-refractivity contribution < 1.29 is 9.53 Å². The van der Waals surface area contributed by atoms with Crippen LogP contribution < -0.4 is 10.1 Å². The van der Waals surface area contributed by atoms with E-state index >= 15 is 0 Å². The van der Waals surface area contributed by atoms with Crippen molar-refractivity contribution in [3.8, 4) is 17.4 Å². The number of nitrogens with zero attached hydrogens (tertiary/aromatic N) is 4. The molecular formula is C25H19N5O2. The smallest absolute Gasteiger partial charge is 0.256 e. The molecule has 1 N–H and O–H groups in total. The summed E-state index contributed by atoms with van der Waals surface area (Å²) < 4.78 is 7.41. The van der Waals surface area contributed by atoms with Gasteiger partial charge in [0.1, 0.15) is 5.75 Å². The van der Waals surface area contributed by atoms with Gasteiger partial charge in [0.15, 0.2) is 5.82 Å². The first-order valence-corrected chi connectivity index (χ1v) is 10.1. The Hall–Kier alpha value is -4.52. The SMILES string of the molecule is Cc1ccn(-c2ccc(Oc3ccc(NC(=O)c4cccc5ccccc45)cc3)nn2)n1. The Morgan fingerprint density at radius 2 is 1.69 bits per heavy atom. The third kappa shape index (κ3) is 4.04. The molecular weight excluding hydrogens is 402 g/mol. The van der Waals surface area contributed by atoms with Crippen LogP contribution in [-0.2, 0) is 0 Å². The van der Waals surface area contributed by atoms with Crippen molar-refractivity contribution >= 4 is 22.4 Å². The third-order valence-electron chi connectivity index (χ3n) is 4.95. The number of aryl methyl sites for hydroxylation is 1. The fourth-order valence-electron chi connectivity index (χ4n) is 3.38. The number of aromatic nitrogens is 4. The molecule has 7 heteroatoms. The molecule has 0 unspecified atom stereocenters. The number of ether oxygens (including phenoxy) is 1. The predicted molar refractivity (Wildman–Crippen MR) is 122 cm³/mol. The molecule has 1 amide bonds. The molecule has 3 aromatic carbocycles. The van der Waals surface area contributed by atoms with Gasteiger partial charge in [-0.1, -0.05) is 36.4 Å². The van der Waals surface area contributed by atoms with Gasteiger partial charge in [-0.3, -0.25) is 4.79 Å². The summed E-state index contributed by atoms with van der Waals surface area (Å²) in [4.78, 5) is 12.8. The minimum absolute atomic E-state index is 0.161. The van der Waals surface area contributed by atoms with Gasteiger partial charge in [-0.05, 0) is 60.2 Å². The highest BCUT2D eigenvalue weighted by molar-refractivity contribution is 6.12. The molecule has 0 fully saturated rings. The Morgan fingerprint density at radius 3 is 2.44 bits per heavy atom. The van der Waals surface area contributed by atoms with Gasteiger partial charge < -0.3 is 10.1 Å². The molecule has 0 aliphatic rings. The zero-order chi connectivity index (χ0) is 21.9. The molecule has 2 heterocycles. The van der Waals surface area contributed by atoms with Gasteiger partial charge in [0.2, 0.25) is 5.88 Å². The van der Waals surface area contributed by atoms with Gasteiger partial charge in [-0.15, -0.1) is 10.2 Å². The van der Waals surface area contributed by atoms with E-state index in [4.69, 9.17) is 4.74 Å². The quantitative estimate of drug-likeness (QED) is 0.423. The normalized spacial score (nSPS) is 10.8. The van der Waals surface area contributed by atoms with Crippen LogP contribution in [0, 0.1) is 6.92 Å². The first kappa shape index (κ1) is 19.4. The second-order valence-corrected chi connectivity index (χ2v) is 7.24. The van der Waals surface area contributed by atoms with Crippen molar-refractivity contribution in [1.29, 1.82) is 0 Å². The molecule has 2 aromatic heterocycles. The van der Waals surface area contributed by atoms with Crippen LogP contribution in [-0.4, -0.2) is 25.9 Å². The lowest BCUT2D eigenvalue weighted by atomic mass is 10.0. The molecule has 5 rings (SSSR count). The van der Waals surface area contributed by atoms with E-state index in [0.29, 0.717) is 28.7 Å².